The van der Waals surface area contributed by atoms with E-state index in [1.165, 1.54) is 26.4 Å². The molecule has 1 aliphatic heterocycles. The maximum Gasteiger partial charge on any atom is 0.380 e. The molecular formula is C21H24N3O7S+. The van der Waals surface area contributed by atoms with E-state index in [-0.39, 0.29) is 23.6 Å². The number of amides is 1. The summed E-state index contributed by atoms with van der Waals surface area (Å²) in [6.45, 7) is 1.81. The van der Waals surface area contributed by atoms with Crippen molar-refractivity contribution in [1.29, 1.82) is 0 Å². The number of sulfonamides is 1. The fraction of sp³-hybridized carbons (Fsp3) is 0.286. The maximum absolute atomic E-state index is 13.0. The van der Waals surface area contributed by atoms with Crippen LogP contribution in [0.3, 0.4) is 0 Å². The number of nitrogens with two attached hydrogens (primary N) is 1. The predicted octanol–water partition coefficient (Wildman–Crippen LogP) is -0.364. The first-order valence-corrected chi connectivity index (χ1v) is 11.1. The number of carbonyl (C=O) groups excluding carboxylic acids is 2. The molecular weight excluding hydrogens is 438 g/mol. The van der Waals surface area contributed by atoms with Crippen LogP contribution in [0.1, 0.15) is 24.0 Å². The quantitative estimate of drug-likeness (QED) is 0.246. The minimum Gasteiger partial charge on any atom is -0.493 e. The van der Waals surface area contributed by atoms with Crippen LogP contribution in [-0.4, -0.2) is 50.7 Å². The van der Waals surface area contributed by atoms with Gasteiger partial charge in [-0.2, -0.15) is 0 Å². The van der Waals surface area contributed by atoms with Crippen molar-refractivity contribution in [3.63, 3.8) is 0 Å². The second kappa shape index (κ2) is 9.27. The van der Waals surface area contributed by atoms with E-state index >= 15 is 0 Å². The van der Waals surface area contributed by atoms with Crippen LogP contribution in [0.2, 0.25) is 0 Å². The number of nitrogens with zero attached hydrogens (tertiary/aromatic N) is 1. The number of carbonyl (C=O) groups is 2. The van der Waals surface area contributed by atoms with E-state index in [2.05, 4.69) is 5.16 Å². The van der Waals surface area contributed by atoms with Crippen molar-refractivity contribution in [3.05, 3.63) is 53.6 Å². The second-order valence-corrected chi connectivity index (χ2v) is 8.88. The number of nitrogens with one attached hydrogen (secondary N) is 1. The van der Waals surface area contributed by atoms with Gasteiger partial charge >= 0.3 is 11.8 Å². The Balaban J connectivity index is 1.80. The Morgan fingerprint density at radius 2 is 1.75 bits per heavy atom. The summed E-state index contributed by atoms with van der Waals surface area (Å²) < 4.78 is 36.9. The van der Waals surface area contributed by atoms with Crippen molar-refractivity contribution < 1.29 is 37.5 Å². The zero-order valence-corrected chi connectivity index (χ0v) is 18.6. The van der Waals surface area contributed by atoms with Gasteiger partial charge in [-0.1, -0.05) is 22.9 Å². The van der Waals surface area contributed by atoms with Gasteiger partial charge in [-0.3, -0.25) is 15.4 Å². The Labute approximate surface area is 185 Å². The average Bonchev–Trinajstić information content (AvgIpc) is 3.19. The first-order chi connectivity index (χ1) is 15.2. The van der Waals surface area contributed by atoms with Crippen molar-refractivity contribution in [3.8, 4) is 11.5 Å². The summed E-state index contributed by atoms with van der Waals surface area (Å²) >= 11 is 0. The number of aryl methyl sites for hydroxylation is 1. The van der Waals surface area contributed by atoms with Crippen LogP contribution in [0.15, 0.2) is 47.4 Å². The molecule has 0 aromatic heterocycles. The highest BCUT2D eigenvalue weighted by Crippen LogP contribution is 2.28. The lowest BCUT2D eigenvalue weighted by Crippen LogP contribution is -2.76. The molecule has 10 nitrogen and oxygen atoms in total. The van der Waals surface area contributed by atoms with Gasteiger partial charge in [-0.15, -0.1) is 0 Å². The number of nitrogen functional groups attached to an aromatic ring is 1. The number of amidine groups is 1. The molecule has 170 valence electrons. The third-order valence-corrected chi connectivity index (χ3v) is 6.81. The molecule has 0 saturated carbocycles. The van der Waals surface area contributed by atoms with E-state index in [1.54, 1.807) is 30.3 Å². The van der Waals surface area contributed by atoms with E-state index < -0.39 is 27.9 Å². The number of ether oxygens (including phenoxy) is 2. The molecule has 0 aliphatic carbocycles. The first-order valence-electron chi connectivity index (χ1n) is 9.64. The lowest BCUT2D eigenvalue weighted by atomic mass is 10.2. The third kappa shape index (κ3) is 4.52. The molecule has 1 fully saturated rings. The summed E-state index contributed by atoms with van der Waals surface area (Å²) in [7, 11) is -1.27. The Morgan fingerprint density at radius 3 is 2.38 bits per heavy atom. The van der Waals surface area contributed by atoms with Crippen molar-refractivity contribution in [1.82, 2.24) is 4.31 Å². The fourth-order valence-electron chi connectivity index (χ4n) is 3.24. The summed E-state index contributed by atoms with van der Waals surface area (Å²) in [6.07, 6.45) is -0.0968. The highest BCUT2D eigenvalue weighted by molar-refractivity contribution is 7.89. The summed E-state index contributed by atoms with van der Waals surface area (Å²) in [5.74, 6) is -0.740. The SMILES string of the molecule is COc1ccc(C(N)=[NH+]OC(=O)[C@@H]2CCC(=O)N2S(=O)(=O)c2ccc(C)cc2)cc1OC. The number of benzene rings is 2. The van der Waals surface area contributed by atoms with Crippen LogP contribution in [0.4, 0.5) is 0 Å². The molecule has 0 spiro atoms. The molecule has 1 heterocycles. The van der Waals surface area contributed by atoms with Crippen LogP contribution in [0, 0.1) is 6.92 Å². The van der Waals surface area contributed by atoms with E-state index in [1.807, 2.05) is 6.92 Å². The molecule has 2 aromatic rings. The van der Waals surface area contributed by atoms with Gasteiger partial charge in [0.2, 0.25) is 5.91 Å². The highest BCUT2D eigenvalue weighted by atomic mass is 32.2. The van der Waals surface area contributed by atoms with Crippen LogP contribution >= 0.6 is 0 Å². The van der Waals surface area contributed by atoms with Crippen LogP contribution in [0.5, 0.6) is 11.5 Å². The minimum atomic E-state index is -4.22. The number of rotatable bonds is 7. The average molecular weight is 463 g/mol. The Hall–Kier alpha value is -3.60. The van der Waals surface area contributed by atoms with E-state index in [9.17, 15) is 18.0 Å². The van der Waals surface area contributed by atoms with Crippen molar-refractivity contribution in [2.24, 2.45) is 5.73 Å². The van der Waals surface area contributed by atoms with Gasteiger partial charge < -0.3 is 9.47 Å². The molecule has 1 atom stereocenters. The van der Waals surface area contributed by atoms with Crippen LogP contribution in [0.25, 0.3) is 0 Å². The predicted molar refractivity (Wildman–Crippen MR) is 113 cm³/mol. The van der Waals surface area contributed by atoms with Gasteiger partial charge in [0.05, 0.1) is 24.7 Å². The molecule has 1 saturated heterocycles. The van der Waals surface area contributed by atoms with Gasteiger partial charge in [0.1, 0.15) is 0 Å². The lowest BCUT2D eigenvalue weighted by molar-refractivity contribution is -0.724. The van der Waals surface area contributed by atoms with E-state index in [0.717, 1.165) is 5.56 Å². The Bertz CT molecular complexity index is 1160. The maximum atomic E-state index is 13.0. The fourth-order valence-corrected chi connectivity index (χ4v) is 4.83. The smallest absolute Gasteiger partial charge is 0.380 e. The van der Waals surface area contributed by atoms with E-state index in [4.69, 9.17) is 20.0 Å². The molecule has 32 heavy (non-hydrogen) atoms. The summed E-state index contributed by atoms with van der Waals surface area (Å²) in [6, 6.07) is 9.50. The molecule has 1 amide bonds. The molecule has 0 unspecified atom stereocenters. The summed E-state index contributed by atoms with van der Waals surface area (Å²) in [4.78, 5) is 29.9. The molecule has 3 N–H and O–H groups in total. The third-order valence-electron chi connectivity index (χ3n) is 4.97. The molecule has 0 bridgehead atoms. The van der Waals surface area contributed by atoms with Gasteiger partial charge in [0, 0.05) is 6.42 Å². The second-order valence-electron chi connectivity index (χ2n) is 7.07. The van der Waals surface area contributed by atoms with Crippen molar-refractivity contribution in [2.75, 3.05) is 14.2 Å². The molecule has 1 aliphatic rings. The zero-order chi connectivity index (χ0) is 23.5. The van der Waals surface area contributed by atoms with Crippen LogP contribution in [-0.2, 0) is 24.4 Å². The van der Waals surface area contributed by atoms with Crippen molar-refractivity contribution in [2.45, 2.75) is 30.7 Å². The van der Waals surface area contributed by atoms with E-state index in [0.29, 0.717) is 21.4 Å². The zero-order valence-electron chi connectivity index (χ0n) is 17.8. The first kappa shape index (κ1) is 23.1. The largest absolute Gasteiger partial charge is 0.493 e. The summed E-state index contributed by atoms with van der Waals surface area (Å²) in [5, 5.41) is 2.31. The lowest BCUT2D eigenvalue weighted by Gasteiger charge is -2.21. The van der Waals surface area contributed by atoms with Gasteiger partial charge in [-0.05, 0) is 43.7 Å². The van der Waals surface area contributed by atoms with Gasteiger partial charge in [0.15, 0.2) is 17.5 Å². The van der Waals surface area contributed by atoms with Gasteiger partial charge in [0.25, 0.3) is 10.0 Å². The molecule has 0 radical (unpaired) electrons. The molecule has 2 aromatic carbocycles. The normalized spacial score (nSPS) is 16.7. The van der Waals surface area contributed by atoms with Gasteiger partial charge in [-0.25, -0.2) is 17.5 Å². The molecule has 3 rings (SSSR count). The van der Waals surface area contributed by atoms with Crippen molar-refractivity contribution >= 4 is 27.7 Å². The van der Waals surface area contributed by atoms with Crippen LogP contribution < -0.4 is 20.4 Å². The number of hydrogen-bond acceptors (Lipinski definition) is 7. The monoisotopic (exact) mass is 462 g/mol. The topological polar surface area (TPSA) is 139 Å². The Morgan fingerprint density at radius 1 is 1.09 bits per heavy atom. The highest BCUT2D eigenvalue weighted by Gasteiger charge is 2.45. The standard InChI is InChI=1S/C21H23N3O7S/c1-13-4-7-15(8-5-13)32(27,28)24-16(9-11-19(24)25)21(26)31-23-20(22)14-6-10-17(29-2)18(12-14)30-3/h4-8,10,12,16H,9,11H2,1-3H3,(H2,22,23)/p+1/t16-/m0/s1. The summed E-state index contributed by atoms with van der Waals surface area (Å²) in [5.41, 5.74) is 7.25. The molecule has 11 heteroatoms. The minimum absolute atomic E-state index is 0.000696. The number of methoxy groups -OCH3 is 2. The Kier molecular flexibility index (Phi) is 6.68. The number of hydrogen-bond donors (Lipinski definition) is 2.